The van der Waals surface area contributed by atoms with Crippen molar-refractivity contribution in [2.75, 3.05) is 6.26 Å². The summed E-state index contributed by atoms with van der Waals surface area (Å²) in [5.41, 5.74) is 3.60. The molecule has 0 aliphatic carbocycles. The molecule has 0 aromatic heterocycles. The van der Waals surface area contributed by atoms with Crippen LogP contribution in [0.15, 0.2) is 46.5 Å². The second kappa shape index (κ2) is 4.93. The molecule has 96 valence electrons. The number of phenols is 1. The molecular formula is C14H13N3OS. The molecule has 0 fully saturated rings. The Morgan fingerprint density at radius 2 is 2.05 bits per heavy atom. The second-order valence-electron chi connectivity index (χ2n) is 4.20. The maximum Gasteiger partial charge on any atom is 0.177 e. The first-order chi connectivity index (χ1) is 9.29. The molecule has 0 saturated heterocycles. The van der Waals surface area contributed by atoms with E-state index in [1.54, 1.807) is 6.21 Å². The Balaban J connectivity index is 2.10. The lowest BCUT2D eigenvalue weighted by atomic mass is 10.0. The van der Waals surface area contributed by atoms with E-state index in [0.717, 1.165) is 21.5 Å². The van der Waals surface area contributed by atoms with Crippen molar-refractivity contribution in [3.63, 3.8) is 0 Å². The molecule has 3 rings (SSSR count). The molecule has 0 spiro atoms. The van der Waals surface area contributed by atoms with Crippen LogP contribution in [0.4, 0.5) is 0 Å². The molecule has 2 aromatic rings. The van der Waals surface area contributed by atoms with Crippen LogP contribution in [0.1, 0.15) is 11.6 Å². The Labute approximate surface area is 115 Å². The van der Waals surface area contributed by atoms with Gasteiger partial charge in [0.15, 0.2) is 5.17 Å². The highest BCUT2D eigenvalue weighted by molar-refractivity contribution is 8.13. The van der Waals surface area contributed by atoms with E-state index in [4.69, 9.17) is 0 Å². The molecule has 1 aliphatic rings. The molecule has 5 heteroatoms. The van der Waals surface area contributed by atoms with Crippen molar-refractivity contribution in [3.05, 3.63) is 42.0 Å². The summed E-state index contributed by atoms with van der Waals surface area (Å²) in [6.45, 7) is 0. The minimum Gasteiger partial charge on any atom is -0.507 e. The van der Waals surface area contributed by atoms with Crippen LogP contribution in [0.3, 0.4) is 0 Å². The highest BCUT2D eigenvalue weighted by atomic mass is 32.2. The highest BCUT2D eigenvalue weighted by Crippen LogP contribution is 2.34. The van der Waals surface area contributed by atoms with Gasteiger partial charge in [0.1, 0.15) is 11.8 Å². The largest absolute Gasteiger partial charge is 0.507 e. The lowest BCUT2D eigenvalue weighted by Crippen LogP contribution is -2.20. The minimum absolute atomic E-state index is 0.242. The number of aliphatic imine (C=N–C) groups is 1. The molecule has 19 heavy (non-hydrogen) atoms. The first kappa shape index (κ1) is 12.0. The van der Waals surface area contributed by atoms with Crippen LogP contribution >= 0.6 is 11.8 Å². The number of rotatable bonds is 1. The van der Waals surface area contributed by atoms with Gasteiger partial charge in [-0.2, -0.15) is 5.10 Å². The molecule has 0 saturated carbocycles. The average molecular weight is 271 g/mol. The van der Waals surface area contributed by atoms with E-state index in [0.29, 0.717) is 0 Å². The lowest BCUT2D eigenvalue weighted by molar-refractivity contribution is 0.473. The summed E-state index contributed by atoms with van der Waals surface area (Å²) >= 11 is 1.50. The van der Waals surface area contributed by atoms with Crippen LogP contribution < -0.4 is 5.43 Å². The zero-order valence-corrected chi connectivity index (χ0v) is 11.2. The van der Waals surface area contributed by atoms with Crippen molar-refractivity contribution in [1.29, 1.82) is 0 Å². The first-order valence-corrected chi connectivity index (χ1v) is 7.13. The third kappa shape index (κ3) is 2.17. The van der Waals surface area contributed by atoms with Crippen LogP contribution in [-0.2, 0) is 0 Å². The molecule has 1 atom stereocenters. The number of fused-ring (bicyclic) bond motifs is 1. The normalized spacial score (nSPS) is 18.2. The number of hydrazone groups is 1. The Hall–Kier alpha value is -2.01. The summed E-state index contributed by atoms with van der Waals surface area (Å²) in [5, 5.41) is 17.1. The smallest absolute Gasteiger partial charge is 0.177 e. The van der Waals surface area contributed by atoms with Crippen LogP contribution in [0.5, 0.6) is 5.75 Å². The van der Waals surface area contributed by atoms with Gasteiger partial charge in [-0.1, -0.05) is 48.2 Å². The van der Waals surface area contributed by atoms with Gasteiger partial charge in [0.05, 0.1) is 6.21 Å². The van der Waals surface area contributed by atoms with E-state index in [1.807, 2.05) is 42.7 Å². The molecule has 0 radical (unpaired) electrons. The fourth-order valence-electron chi connectivity index (χ4n) is 2.11. The van der Waals surface area contributed by atoms with Gasteiger partial charge in [-0.3, -0.25) is 5.43 Å². The number of nitrogens with zero attached hydrogens (tertiary/aromatic N) is 2. The van der Waals surface area contributed by atoms with Crippen molar-refractivity contribution in [3.8, 4) is 5.75 Å². The quantitative estimate of drug-likeness (QED) is 0.838. The number of amidine groups is 1. The maximum absolute atomic E-state index is 10.4. The maximum atomic E-state index is 10.4. The molecule has 2 N–H and O–H groups in total. The number of hydrogen-bond acceptors (Lipinski definition) is 5. The second-order valence-corrected chi connectivity index (χ2v) is 4.99. The van der Waals surface area contributed by atoms with E-state index in [9.17, 15) is 5.11 Å². The van der Waals surface area contributed by atoms with Gasteiger partial charge < -0.3 is 5.11 Å². The van der Waals surface area contributed by atoms with E-state index < -0.39 is 0 Å². The molecular weight excluding hydrogens is 258 g/mol. The molecule has 1 aliphatic heterocycles. The van der Waals surface area contributed by atoms with Gasteiger partial charge >= 0.3 is 0 Å². The summed E-state index contributed by atoms with van der Waals surface area (Å²) < 4.78 is 0. The van der Waals surface area contributed by atoms with Gasteiger partial charge in [0.25, 0.3) is 0 Å². The molecule has 4 nitrogen and oxygen atoms in total. The summed E-state index contributed by atoms with van der Waals surface area (Å²) in [4.78, 5) is 4.50. The van der Waals surface area contributed by atoms with Crippen molar-refractivity contribution < 1.29 is 5.11 Å². The fourth-order valence-corrected chi connectivity index (χ4v) is 2.47. The zero-order chi connectivity index (χ0) is 13.2. The lowest BCUT2D eigenvalue weighted by Gasteiger charge is -2.16. The number of thioether (sulfide) groups is 1. The Morgan fingerprint density at radius 3 is 2.89 bits per heavy atom. The molecule has 1 heterocycles. The van der Waals surface area contributed by atoms with Gasteiger partial charge in [-0.15, -0.1) is 0 Å². The van der Waals surface area contributed by atoms with Crippen molar-refractivity contribution >= 4 is 33.9 Å². The van der Waals surface area contributed by atoms with Crippen molar-refractivity contribution in [1.82, 2.24) is 5.43 Å². The fraction of sp³-hybridized carbons (Fsp3) is 0.143. The Kier molecular flexibility index (Phi) is 3.13. The summed E-state index contributed by atoms with van der Waals surface area (Å²) in [5.74, 6) is 0.278. The van der Waals surface area contributed by atoms with E-state index in [2.05, 4.69) is 15.5 Å². The number of phenolic OH excluding ortho intramolecular Hbond substituents is 1. The van der Waals surface area contributed by atoms with Gasteiger partial charge in [0.2, 0.25) is 0 Å². The van der Waals surface area contributed by atoms with E-state index in [1.165, 1.54) is 11.8 Å². The van der Waals surface area contributed by atoms with E-state index in [-0.39, 0.29) is 11.8 Å². The first-order valence-electron chi connectivity index (χ1n) is 5.91. The number of hydrogen-bond donors (Lipinski definition) is 2. The Morgan fingerprint density at radius 1 is 1.21 bits per heavy atom. The molecule has 0 bridgehead atoms. The predicted molar refractivity (Wildman–Crippen MR) is 80.9 cm³/mol. The van der Waals surface area contributed by atoms with E-state index >= 15 is 0 Å². The van der Waals surface area contributed by atoms with Crippen molar-refractivity contribution in [2.24, 2.45) is 10.1 Å². The number of aromatic hydroxyl groups is 1. The third-order valence-corrected chi connectivity index (χ3v) is 3.66. The number of benzene rings is 2. The zero-order valence-electron chi connectivity index (χ0n) is 10.4. The monoisotopic (exact) mass is 271 g/mol. The van der Waals surface area contributed by atoms with Crippen molar-refractivity contribution in [2.45, 2.75) is 6.04 Å². The highest BCUT2D eigenvalue weighted by Gasteiger charge is 2.17. The Bertz CT molecular complexity index is 681. The summed E-state index contributed by atoms with van der Waals surface area (Å²) in [6.07, 6.45) is 3.63. The minimum atomic E-state index is -0.242. The summed E-state index contributed by atoms with van der Waals surface area (Å²) in [6, 6.07) is 11.4. The SMILES string of the molecule is CSC1=NC(c2ccc3ccccc3c2O)C=NN1. The average Bonchev–Trinajstić information content (AvgIpc) is 2.48. The number of nitrogens with one attached hydrogen (secondary N) is 1. The molecule has 1 unspecified atom stereocenters. The standard InChI is InChI=1S/C14H13N3OS/c1-19-14-16-12(8-15-17-14)11-7-6-9-4-2-3-5-10(9)13(11)18/h2-8,12,18H,1H3,(H,16,17). The molecule has 2 aromatic carbocycles. The van der Waals surface area contributed by atoms with Crippen LogP contribution in [0, 0.1) is 0 Å². The predicted octanol–water partition coefficient (Wildman–Crippen LogP) is 2.89. The van der Waals surface area contributed by atoms with Gasteiger partial charge in [0, 0.05) is 10.9 Å². The third-order valence-electron chi connectivity index (χ3n) is 3.08. The van der Waals surface area contributed by atoms with Crippen LogP contribution in [-0.4, -0.2) is 22.7 Å². The van der Waals surface area contributed by atoms with Gasteiger partial charge in [-0.05, 0) is 11.6 Å². The van der Waals surface area contributed by atoms with Crippen LogP contribution in [0.2, 0.25) is 0 Å². The van der Waals surface area contributed by atoms with Gasteiger partial charge in [-0.25, -0.2) is 4.99 Å². The van der Waals surface area contributed by atoms with Crippen LogP contribution in [0.25, 0.3) is 10.8 Å². The summed E-state index contributed by atoms with van der Waals surface area (Å²) in [7, 11) is 0. The molecule has 0 amide bonds. The topological polar surface area (TPSA) is 57.0 Å².